The lowest BCUT2D eigenvalue weighted by molar-refractivity contribution is -0.132. The Labute approximate surface area is 130 Å². The molecule has 114 valence electrons. The number of carbonyl (C=O) groups is 2. The van der Waals surface area contributed by atoms with Crippen LogP contribution in [0.15, 0.2) is 24.3 Å². The molecule has 0 atom stereocenters. The van der Waals surface area contributed by atoms with Gasteiger partial charge in [-0.2, -0.15) is 0 Å². The van der Waals surface area contributed by atoms with Gasteiger partial charge in [0, 0.05) is 36.5 Å². The molecule has 1 heterocycles. The summed E-state index contributed by atoms with van der Waals surface area (Å²) < 4.78 is 0. The average Bonchev–Trinajstić information content (AvgIpc) is 2.53. The minimum atomic E-state index is -0.0168. The Balaban J connectivity index is 1.78. The van der Waals surface area contributed by atoms with Gasteiger partial charge in [0.05, 0.1) is 0 Å². The van der Waals surface area contributed by atoms with E-state index in [1.165, 1.54) is 0 Å². The van der Waals surface area contributed by atoms with Gasteiger partial charge >= 0.3 is 0 Å². The average molecular weight is 309 g/mol. The maximum Gasteiger partial charge on any atom is 0.223 e. The number of nitrogens with two attached hydrogens (primary N) is 1. The van der Waals surface area contributed by atoms with Crippen LogP contribution in [-0.2, 0) is 4.79 Å². The van der Waals surface area contributed by atoms with Gasteiger partial charge in [-0.05, 0) is 49.6 Å². The third-order valence-electron chi connectivity index (χ3n) is 4.03. The molecular formula is C16H21ClN2O2. The molecule has 0 radical (unpaired) electrons. The van der Waals surface area contributed by atoms with E-state index >= 15 is 0 Å². The Hall–Kier alpha value is -1.39. The van der Waals surface area contributed by atoms with E-state index in [1.807, 2.05) is 4.90 Å². The van der Waals surface area contributed by atoms with Gasteiger partial charge in [-0.1, -0.05) is 11.6 Å². The number of ketones is 1. The van der Waals surface area contributed by atoms with Crippen molar-refractivity contribution in [2.24, 2.45) is 11.7 Å². The van der Waals surface area contributed by atoms with Gasteiger partial charge in [0.1, 0.15) is 0 Å². The summed E-state index contributed by atoms with van der Waals surface area (Å²) in [6.45, 7) is 2.21. The molecule has 0 aliphatic carbocycles. The quantitative estimate of drug-likeness (QED) is 0.850. The van der Waals surface area contributed by atoms with Gasteiger partial charge in [-0.3, -0.25) is 9.59 Å². The number of nitrogens with zero attached hydrogens (tertiary/aromatic N) is 1. The normalized spacial score (nSPS) is 16.0. The number of halogens is 1. The minimum absolute atomic E-state index is 0.0168. The van der Waals surface area contributed by atoms with Crippen LogP contribution in [-0.4, -0.2) is 36.2 Å². The van der Waals surface area contributed by atoms with Gasteiger partial charge < -0.3 is 10.6 Å². The molecular weight excluding hydrogens is 288 g/mol. The summed E-state index contributed by atoms with van der Waals surface area (Å²) in [5.74, 6) is 0.578. The van der Waals surface area contributed by atoms with Gasteiger partial charge in [-0.25, -0.2) is 0 Å². The highest BCUT2D eigenvalue weighted by Crippen LogP contribution is 2.17. The zero-order chi connectivity index (χ0) is 15.2. The van der Waals surface area contributed by atoms with E-state index in [9.17, 15) is 9.59 Å². The maximum atomic E-state index is 12.1. The van der Waals surface area contributed by atoms with Crippen molar-refractivity contribution in [3.63, 3.8) is 0 Å². The number of benzene rings is 1. The second kappa shape index (κ2) is 7.57. The zero-order valence-corrected chi connectivity index (χ0v) is 12.8. The van der Waals surface area contributed by atoms with Crippen LogP contribution in [0.2, 0.25) is 5.02 Å². The molecule has 1 aromatic rings. The lowest BCUT2D eigenvalue weighted by Crippen LogP contribution is -2.40. The molecule has 1 amide bonds. The van der Waals surface area contributed by atoms with Crippen LogP contribution in [0.4, 0.5) is 0 Å². The highest BCUT2D eigenvalue weighted by molar-refractivity contribution is 6.30. The van der Waals surface area contributed by atoms with Crippen LogP contribution < -0.4 is 5.73 Å². The lowest BCUT2D eigenvalue weighted by atomic mass is 9.96. The topological polar surface area (TPSA) is 63.4 Å². The number of hydrogen-bond donors (Lipinski definition) is 1. The number of Topliss-reactive ketones (excluding diaryl/α,β-unsaturated/α-hetero) is 1. The van der Waals surface area contributed by atoms with Gasteiger partial charge in [0.15, 0.2) is 5.78 Å². The molecule has 1 fully saturated rings. The maximum absolute atomic E-state index is 12.1. The molecule has 2 rings (SSSR count). The van der Waals surface area contributed by atoms with E-state index in [2.05, 4.69) is 0 Å². The smallest absolute Gasteiger partial charge is 0.223 e. The third kappa shape index (κ3) is 4.55. The summed E-state index contributed by atoms with van der Waals surface area (Å²) in [4.78, 5) is 26.0. The first-order chi connectivity index (χ1) is 10.1. The van der Waals surface area contributed by atoms with Crippen molar-refractivity contribution in [2.45, 2.75) is 25.7 Å². The first-order valence-corrected chi connectivity index (χ1v) is 7.74. The first-order valence-electron chi connectivity index (χ1n) is 7.36. The summed E-state index contributed by atoms with van der Waals surface area (Å²) in [6.07, 6.45) is 2.45. The van der Waals surface area contributed by atoms with Gasteiger partial charge in [-0.15, -0.1) is 0 Å². The van der Waals surface area contributed by atoms with Gasteiger partial charge in [0.2, 0.25) is 5.91 Å². The van der Waals surface area contributed by atoms with E-state index in [4.69, 9.17) is 17.3 Å². The lowest BCUT2D eigenvalue weighted by Gasteiger charge is -2.31. The summed E-state index contributed by atoms with van der Waals surface area (Å²) >= 11 is 5.79. The molecule has 2 N–H and O–H groups in total. The van der Waals surface area contributed by atoms with Crippen molar-refractivity contribution < 1.29 is 9.59 Å². The highest BCUT2D eigenvalue weighted by Gasteiger charge is 2.22. The van der Waals surface area contributed by atoms with Crippen LogP contribution in [0.3, 0.4) is 0 Å². The van der Waals surface area contributed by atoms with E-state index in [0.717, 1.165) is 25.9 Å². The van der Waals surface area contributed by atoms with Crippen molar-refractivity contribution >= 4 is 23.3 Å². The van der Waals surface area contributed by atoms with Crippen molar-refractivity contribution in [3.8, 4) is 0 Å². The predicted molar refractivity (Wildman–Crippen MR) is 83.4 cm³/mol. The van der Waals surface area contributed by atoms with Gasteiger partial charge in [0.25, 0.3) is 0 Å². The summed E-state index contributed by atoms with van der Waals surface area (Å²) in [5.41, 5.74) is 6.25. The molecule has 1 aromatic carbocycles. The fraction of sp³-hybridized carbons (Fsp3) is 0.500. The van der Waals surface area contributed by atoms with Crippen molar-refractivity contribution in [2.75, 3.05) is 19.6 Å². The van der Waals surface area contributed by atoms with E-state index < -0.39 is 0 Å². The number of carbonyl (C=O) groups excluding carboxylic acids is 2. The van der Waals surface area contributed by atoms with E-state index in [1.54, 1.807) is 24.3 Å². The second-order valence-electron chi connectivity index (χ2n) is 5.49. The third-order valence-corrected chi connectivity index (χ3v) is 4.28. The van der Waals surface area contributed by atoms with Crippen LogP contribution in [0.25, 0.3) is 0 Å². The van der Waals surface area contributed by atoms with Crippen molar-refractivity contribution in [3.05, 3.63) is 34.9 Å². The fourth-order valence-electron chi connectivity index (χ4n) is 2.58. The van der Waals surface area contributed by atoms with Crippen LogP contribution in [0.1, 0.15) is 36.0 Å². The molecule has 0 spiro atoms. The van der Waals surface area contributed by atoms with Crippen LogP contribution in [0, 0.1) is 5.92 Å². The number of rotatable bonds is 5. The van der Waals surface area contributed by atoms with E-state index in [0.29, 0.717) is 23.0 Å². The first kappa shape index (κ1) is 16.0. The van der Waals surface area contributed by atoms with Crippen LogP contribution >= 0.6 is 11.6 Å². The van der Waals surface area contributed by atoms with Crippen LogP contribution in [0.5, 0.6) is 0 Å². The Morgan fingerprint density at radius 1 is 1.14 bits per heavy atom. The predicted octanol–water partition coefficient (Wildman–Crippen LogP) is 2.50. The Morgan fingerprint density at radius 3 is 2.33 bits per heavy atom. The monoisotopic (exact) mass is 308 g/mol. The summed E-state index contributed by atoms with van der Waals surface area (Å²) in [5, 5.41) is 0.602. The zero-order valence-electron chi connectivity index (χ0n) is 12.1. The molecule has 21 heavy (non-hydrogen) atoms. The fourth-order valence-corrected chi connectivity index (χ4v) is 2.70. The molecule has 0 saturated carbocycles. The van der Waals surface area contributed by atoms with Crippen molar-refractivity contribution in [1.82, 2.24) is 4.90 Å². The molecule has 0 unspecified atom stereocenters. The van der Waals surface area contributed by atoms with E-state index in [-0.39, 0.29) is 24.5 Å². The number of hydrogen-bond acceptors (Lipinski definition) is 3. The number of amides is 1. The second-order valence-corrected chi connectivity index (χ2v) is 5.93. The largest absolute Gasteiger partial charge is 0.343 e. The number of piperidine rings is 1. The number of likely N-dealkylation sites (tertiary alicyclic amines) is 1. The minimum Gasteiger partial charge on any atom is -0.343 e. The molecule has 1 saturated heterocycles. The Morgan fingerprint density at radius 2 is 1.76 bits per heavy atom. The Bertz CT molecular complexity index is 494. The highest BCUT2D eigenvalue weighted by atomic mass is 35.5. The standard InChI is InChI=1S/C16H21ClN2O2/c17-14-3-1-13(2-4-14)15(20)5-6-16(21)19-9-7-12(11-18)8-10-19/h1-4,12H,5-11,18H2. The SMILES string of the molecule is NCC1CCN(C(=O)CCC(=O)c2ccc(Cl)cc2)CC1. The molecule has 0 aromatic heterocycles. The summed E-state index contributed by atoms with van der Waals surface area (Å²) in [6, 6.07) is 6.77. The molecule has 0 bridgehead atoms. The molecule has 1 aliphatic heterocycles. The molecule has 1 aliphatic rings. The Kier molecular flexibility index (Phi) is 5.76. The molecule has 4 nitrogen and oxygen atoms in total. The van der Waals surface area contributed by atoms with Crippen molar-refractivity contribution in [1.29, 1.82) is 0 Å². The molecule has 5 heteroatoms. The summed E-state index contributed by atoms with van der Waals surface area (Å²) in [7, 11) is 0.